The highest BCUT2D eigenvalue weighted by atomic mass is 79.9. The molecule has 0 atom stereocenters. The molecule has 1 aliphatic heterocycles. The SMILES string of the molecule is O=S(=O)(NCC1CCC(Br)CC1)N1CCCC1. The molecule has 0 amide bonds. The normalized spacial score (nSPS) is 31.8. The highest BCUT2D eigenvalue weighted by Crippen LogP contribution is 2.28. The van der Waals surface area contributed by atoms with Crippen molar-refractivity contribution in [2.45, 2.75) is 43.4 Å². The van der Waals surface area contributed by atoms with Crippen molar-refractivity contribution in [3.8, 4) is 0 Å². The average molecular weight is 325 g/mol. The van der Waals surface area contributed by atoms with E-state index < -0.39 is 10.2 Å². The van der Waals surface area contributed by atoms with Gasteiger partial charge in [-0.3, -0.25) is 0 Å². The van der Waals surface area contributed by atoms with Gasteiger partial charge in [0.1, 0.15) is 0 Å². The molecule has 1 N–H and O–H groups in total. The minimum absolute atomic E-state index is 0.515. The maximum Gasteiger partial charge on any atom is 0.279 e. The maximum atomic E-state index is 11.9. The molecule has 1 heterocycles. The number of hydrogen-bond donors (Lipinski definition) is 1. The van der Waals surface area contributed by atoms with Crippen LogP contribution in [0.4, 0.5) is 0 Å². The summed E-state index contributed by atoms with van der Waals surface area (Å²) in [6.07, 6.45) is 6.56. The van der Waals surface area contributed by atoms with E-state index in [4.69, 9.17) is 0 Å². The number of alkyl halides is 1. The summed E-state index contributed by atoms with van der Waals surface area (Å²) in [5, 5.41) is 0. The number of halogens is 1. The first-order chi connectivity index (χ1) is 8.08. The second-order valence-electron chi connectivity index (χ2n) is 5.08. The van der Waals surface area contributed by atoms with Crippen LogP contribution in [0.25, 0.3) is 0 Å². The van der Waals surface area contributed by atoms with E-state index in [9.17, 15) is 8.42 Å². The number of nitrogens with zero attached hydrogens (tertiary/aromatic N) is 1. The topological polar surface area (TPSA) is 49.4 Å². The first-order valence-electron chi connectivity index (χ1n) is 6.47. The predicted octanol–water partition coefficient (Wildman–Crippen LogP) is 1.87. The van der Waals surface area contributed by atoms with Crippen molar-refractivity contribution in [3.63, 3.8) is 0 Å². The van der Waals surface area contributed by atoms with Crippen LogP contribution in [-0.4, -0.2) is 37.2 Å². The lowest BCUT2D eigenvalue weighted by Gasteiger charge is -2.26. The number of nitrogens with one attached hydrogen (secondary N) is 1. The maximum absolute atomic E-state index is 11.9. The van der Waals surface area contributed by atoms with Crippen LogP contribution in [0.2, 0.25) is 0 Å². The molecule has 0 aromatic rings. The van der Waals surface area contributed by atoms with Crippen molar-refractivity contribution in [2.24, 2.45) is 5.92 Å². The fourth-order valence-electron chi connectivity index (χ4n) is 2.57. The molecule has 0 unspecified atom stereocenters. The molecule has 17 heavy (non-hydrogen) atoms. The standard InChI is InChI=1S/C11H21BrN2O2S/c12-11-5-3-10(4-6-11)9-13-17(15,16)14-7-1-2-8-14/h10-11,13H,1-9H2. The van der Waals surface area contributed by atoms with Gasteiger partial charge >= 0.3 is 0 Å². The summed E-state index contributed by atoms with van der Waals surface area (Å²) >= 11 is 3.61. The molecule has 4 nitrogen and oxygen atoms in total. The molecule has 1 saturated carbocycles. The fourth-order valence-corrected chi connectivity index (χ4v) is 4.47. The van der Waals surface area contributed by atoms with Crippen molar-refractivity contribution in [1.82, 2.24) is 9.03 Å². The summed E-state index contributed by atoms with van der Waals surface area (Å²) in [4.78, 5) is 0.633. The molecule has 2 aliphatic rings. The van der Waals surface area contributed by atoms with E-state index in [1.165, 1.54) is 0 Å². The van der Waals surface area contributed by atoms with E-state index in [0.29, 0.717) is 30.4 Å². The Kier molecular flexibility index (Phi) is 4.86. The summed E-state index contributed by atoms with van der Waals surface area (Å²) in [5.41, 5.74) is 0. The van der Waals surface area contributed by atoms with Crippen LogP contribution in [-0.2, 0) is 10.2 Å². The Morgan fingerprint density at radius 3 is 2.29 bits per heavy atom. The third-order valence-electron chi connectivity index (χ3n) is 3.74. The smallest absolute Gasteiger partial charge is 0.202 e. The van der Waals surface area contributed by atoms with Gasteiger partial charge in [-0.2, -0.15) is 12.7 Å². The molecule has 100 valence electrons. The monoisotopic (exact) mass is 324 g/mol. The van der Waals surface area contributed by atoms with Crippen LogP contribution in [0, 0.1) is 5.92 Å². The average Bonchev–Trinajstić information content (AvgIpc) is 2.82. The van der Waals surface area contributed by atoms with Gasteiger partial charge in [-0.05, 0) is 44.4 Å². The lowest BCUT2D eigenvalue weighted by atomic mass is 9.89. The second-order valence-corrected chi connectivity index (χ2v) is 8.13. The van der Waals surface area contributed by atoms with Crippen LogP contribution in [0.3, 0.4) is 0 Å². The second kappa shape index (κ2) is 5.99. The third-order valence-corrected chi connectivity index (χ3v) is 6.23. The molecule has 2 fully saturated rings. The first-order valence-corrected chi connectivity index (χ1v) is 8.82. The molecule has 6 heteroatoms. The van der Waals surface area contributed by atoms with Crippen molar-refractivity contribution >= 4 is 26.1 Å². The quantitative estimate of drug-likeness (QED) is 0.802. The van der Waals surface area contributed by atoms with Gasteiger partial charge in [0, 0.05) is 24.5 Å². The summed E-state index contributed by atoms with van der Waals surface area (Å²) in [7, 11) is -3.20. The highest BCUT2D eigenvalue weighted by molar-refractivity contribution is 9.09. The van der Waals surface area contributed by atoms with Crippen molar-refractivity contribution < 1.29 is 8.42 Å². The lowest BCUT2D eigenvalue weighted by molar-refractivity contribution is 0.361. The van der Waals surface area contributed by atoms with Crippen LogP contribution >= 0.6 is 15.9 Å². The fraction of sp³-hybridized carbons (Fsp3) is 1.00. The third kappa shape index (κ3) is 3.91. The molecule has 0 spiro atoms. The molecule has 1 saturated heterocycles. The Balaban J connectivity index is 1.77. The molecule has 1 aliphatic carbocycles. The van der Waals surface area contributed by atoms with Gasteiger partial charge in [0.25, 0.3) is 10.2 Å². The van der Waals surface area contributed by atoms with Crippen molar-refractivity contribution in [1.29, 1.82) is 0 Å². The van der Waals surface area contributed by atoms with Crippen LogP contribution in [0.5, 0.6) is 0 Å². The van der Waals surface area contributed by atoms with E-state index in [1.54, 1.807) is 4.31 Å². The van der Waals surface area contributed by atoms with Gasteiger partial charge in [0.2, 0.25) is 0 Å². The van der Waals surface area contributed by atoms with Crippen LogP contribution in [0.15, 0.2) is 0 Å². The van der Waals surface area contributed by atoms with Gasteiger partial charge in [0.15, 0.2) is 0 Å². The van der Waals surface area contributed by atoms with Crippen molar-refractivity contribution in [2.75, 3.05) is 19.6 Å². The summed E-state index contributed by atoms with van der Waals surface area (Å²) in [5.74, 6) is 0.515. The minimum atomic E-state index is -3.20. The van der Waals surface area contributed by atoms with Crippen LogP contribution in [0.1, 0.15) is 38.5 Å². The van der Waals surface area contributed by atoms with E-state index in [2.05, 4.69) is 20.7 Å². The van der Waals surface area contributed by atoms with E-state index in [0.717, 1.165) is 38.5 Å². The Morgan fingerprint density at radius 1 is 1.12 bits per heavy atom. The Bertz CT molecular complexity index is 333. The summed E-state index contributed by atoms with van der Waals surface area (Å²) < 4.78 is 28.2. The zero-order chi connectivity index (χ0) is 12.3. The zero-order valence-corrected chi connectivity index (χ0v) is 12.5. The Labute approximate surface area is 112 Å². The molecular formula is C11H21BrN2O2S. The van der Waals surface area contributed by atoms with E-state index in [-0.39, 0.29) is 0 Å². The van der Waals surface area contributed by atoms with Gasteiger partial charge < -0.3 is 0 Å². The van der Waals surface area contributed by atoms with Crippen LogP contribution < -0.4 is 4.72 Å². The van der Waals surface area contributed by atoms with Crippen molar-refractivity contribution in [3.05, 3.63) is 0 Å². The van der Waals surface area contributed by atoms with Gasteiger partial charge in [-0.25, -0.2) is 4.72 Å². The minimum Gasteiger partial charge on any atom is -0.202 e. The van der Waals surface area contributed by atoms with Gasteiger partial charge in [0.05, 0.1) is 0 Å². The molecule has 0 bridgehead atoms. The van der Waals surface area contributed by atoms with Gasteiger partial charge in [-0.1, -0.05) is 15.9 Å². The number of hydrogen-bond acceptors (Lipinski definition) is 2. The van der Waals surface area contributed by atoms with Gasteiger partial charge in [-0.15, -0.1) is 0 Å². The first kappa shape index (κ1) is 13.8. The van der Waals surface area contributed by atoms with E-state index >= 15 is 0 Å². The largest absolute Gasteiger partial charge is 0.279 e. The summed E-state index contributed by atoms with van der Waals surface area (Å²) in [6.45, 7) is 1.98. The lowest BCUT2D eigenvalue weighted by Crippen LogP contribution is -2.41. The molecule has 0 radical (unpaired) electrons. The Morgan fingerprint density at radius 2 is 1.71 bits per heavy atom. The predicted molar refractivity (Wildman–Crippen MR) is 72.4 cm³/mol. The molecular weight excluding hydrogens is 304 g/mol. The molecule has 0 aromatic carbocycles. The summed E-state index contributed by atoms with van der Waals surface area (Å²) in [6, 6.07) is 0. The Hall–Kier alpha value is 0.350. The van der Waals surface area contributed by atoms with E-state index in [1.807, 2.05) is 0 Å². The zero-order valence-electron chi connectivity index (χ0n) is 10.1. The highest BCUT2D eigenvalue weighted by Gasteiger charge is 2.26. The number of rotatable bonds is 4. The molecule has 0 aromatic heterocycles. The molecule has 2 rings (SSSR count).